The first-order chi connectivity index (χ1) is 16.8. The maximum absolute atomic E-state index is 13.7. The SMILES string of the molecule is COc1ccc([C@H]2C=CN(S(=O)(=O)c3ccc(OC)cc3)C(=O)[C@H]2CCc2ccccc2O)cc1. The number of hydrogen-bond acceptors (Lipinski definition) is 6. The van der Waals surface area contributed by atoms with Gasteiger partial charge in [-0.05, 0) is 66.4 Å². The normalized spacial score (nSPS) is 17.9. The summed E-state index contributed by atoms with van der Waals surface area (Å²) >= 11 is 0. The summed E-state index contributed by atoms with van der Waals surface area (Å²) in [5, 5.41) is 10.2. The summed E-state index contributed by atoms with van der Waals surface area (Å²) in [6.45, 7) is 0. The smallest absolute Gasteiger partial charge is 0.270 e. The molecule has 1 aliphatic rings. The van der Waals surface area contributed by atoms with Crippen molar-refractivity contribution in [2.45, 2.75) is 23.7 Å². The quantitative estimate of drug-likeness (QED) is 0.497. The van der Waals surface area contributed by atoms with E-state index in [1.165, 1.54) is 25.4 Å². The molecule has 3 aromatic carbocycles. The van der Waals surface area contributed by atoms with Crippen molar-refractivity contribution in [3.63, 3.8) is 0 Å². The molecule has 0 radical (unpaired) electrons. The Kier molecular flexibility index (Phi) is 7.12. The minimum absolute atomic E-state index is 0.00125. The lowest BCUT2D eigenvalue weighted by Crippen LogP contribution is -2.42. The molecule has 0 unspecified atom stereocenters. The van der Waals surface area contributed by atoms with Crippen molar-refractivity contribution >= 4 is 15.9 Å². The van der Waals surface area contributed by atoms with E-state index < -0.39 is 21.8 Å². The van der Waals surface area contributed by atoms with Crippen molar-refractivity contribution < 1.29 is 27.8 Å². The second-order valence-corrected chi connectivity index (χ2v) is 10.0. The Hall–Kier alpha value is -3.78. The lowest BCUT2D eigenvalue weighted by molar-refractivity contribution is -0.130. The molecular formula is C27H27NO6S. The number of carbonyl (C=O) groups is 1. The van der Waals surface area contributed by atoms with Crippen LogP contribution in [0.4, 0.5) is 0 Å². The average molecular weight is 494 g/mol. The molecule has 1 N–H and O–H groups in total. The van der Waals surface area contributed by atoms with Crippen molar-refractivity contribution in [2.24, 2.45) is 5.92 Å². The van der Waals surface area contributed by atoms with E-state index in [-0.39, 0.29) is 16.6 Å². The average Bonchev–Trinajstić information content (AvgIpc) is 2.88. The fourth-order valence-corrected chi connectivity index (χ4v) is 5.57. The standard InChI is InChI=1S/C27H27NO6S/c1-33-21-10-7-19(8-11-21)24-17-18-28(35(31,32)23-14-12-22(34-2)13-15-23)27(30)25(24)16-9-20-5-3-4-6-26(20)29/h3-8,10-15,17-18,24-25,29H,9,16H2,1-2H3/t24-,25+/m1/s1. The summed E-state index contributed by atoms with van der Waals surface area (Å²) in [4.78, 5) is 13.7. The van der Waals surface area contributed by atoms with Crippen LogP contribution < -0.4 is 9.47 Å². The van der Waals surface area contributed by atoms with E-state index in [2.05, 4.69) is 0 Å². The van der Waals surface area contributed by atoms with Gasteiger partial charge in [0.1, 0.15) is 17.2 Å². The Morgan fingerprint density at radius 3 is 2.09 bits per heavy atom. The van der Waals surface area contributed by atoms with Crippen LogP contribution in [0.15, 0.2) is 90.0 Å². The van der Waals surface area contributed by atoms with Gasteiger partial charge in [-0.15, -0.1) is 0 Å². The van der Waals surface area contributed by atoms with Gasteiger partial charge in [-0.3, -0.25) is 4.79 Å². The molecule has 0 bridgehead atoms. The van der Waals surface area contributed by atoms with Crippen molar-refractivity contribution in [1.82, 2.24) is 4.31 Å². The zero-order valence-corrected chi connectivity index (χ0v) is 20.3. The number of methoxy groups -OCH3 is 2. The Bertz CT molecular complexity index is 1320. The van der Waals surface area contributed by atoms with Crippen molar-refractivity contribution in [3.8, 4) is 17.2 Å². The predicted octanol–water partition coefficient (Wildman–Crippen LogP) is 4.49. The Morgan fingerprint density at radius 2 is 1.49 bits per heavy atom. The van der Waals surface area contributed by atoms with Gasteiger partial charge < -0.3 is 14.6 Å². The number of aryl methyl sites for hydroxylation is 1. The molecule has 182 valence electrons. The summed E-state index contributed by atoms with van der Waals surface area (Å²) in [5.74, 6) is -0.143. The van der Waals surface area contributed by atoms with Crippen LogP contribution in [0.25, 0.3) is 0 Å². The van der Waals surface area contributed by atoms with E-state index >= 15 is 0 Å². The second-order valence-electron chi connectivity index (χ2n) is 8.23. The monoisotopic (exact) mass is 493 g/mol. The van der Waals surface area contributed by atoms with Crippen LogP contribution in [-0.4, -0.2) is 38.0 Å². The number of hydrogen-bond donors (Lipinski definition) is 1. The molecular weight excluding hydrogens is 466 g/mol. The van der Waals surface area contributed by atoms with Crippen LogP contribution in [0.2, 0.25) is 0 Å². The van der Waals surface area contributed by atoms with Crippen LogP contribution in [-0.2, 0) is 21.2 Å². The number of rotatable bonds is 8. The maximum atomic E-state index is 13.7. The van der Waals surface area contributed by atoms with Gasteiger partial charge in [0.15, 0.2) is 0 Å². The molecule has 0 saturated carbocycles. The molecule has 0 aromatic heterocycles. The van der Waals surface area contributed by atoms with E-state index in [4.69, 9.17) is 9.47 Å². The highest BCUT2D eigenvalue weighted by molar-refractivity contribution is 7.89. The third-order valence-electron chi connectivity index (χ3n) is 6.23. The number of benzene rings is 3. The predicted molar refractivity (Wildman–Crippen MR) is 132 cm³/mol. The largest absolute Gasteiger partial charge is 0.508 e. The Balaban J connectivity index is 1.68. The Labute approximate surface area is 205 Å². The minimum atomic E-state index is -4.10. The van der Waals surface area contributed by atoms with Gasteiger partial charge in [0, 0.05) is 12.1 Å². The first-order valence-electron chi connectivity index (χ1n) is 11.2. The zero-order chi connectivity index (χ0) is 25.0. The molecule has 4 rings (SSSR count). The van der Waals surface area contributed by atoms with Crippen molar-refractivity contribution in [2.75, 3.05) is 14.2 Å². The van der Waals surface area contributed by atoms with Gasteiger partial charge >= 0.3 is 0 Å². The number of phenols is 1. The van der Waals surface area contributed by atoms with Gasteiger partial charge in [0.2, 0.25) is 5.91 Å². The molecule has 1 heterocycles. The van der Waals surface area contributed by atoms with Crippen LogP contribution in [0.3, 0.4) is 0 Å². The van der Waals surface area contributed by atoms with Gasteiger partial charge in [0.25, 0.3) is 10.0 Å². The molecule has 8 heteroatoms. The topological polar surface area (TPSA) is 93.1 Å². The van der Waals surface area contributed by atoms with Crippen LogP contribution in [0.5, 0.6) is 17.2 Å². The molecule has 0 fully saturated rings. The van der Waals surface area contributed by atoms with Gasteiger partial charge in [-0.1, -0.05) is 36.4 Å². The fraction of sp³-hybridized carbons (Fsp3) is 0.222. The third-order valence-corrected chi connectivity index (χ3v) is 7.92. The van der Waals surface area contributed by atoms with E-state index in [1.807, 2.05) is 30.3 Å². The van der Waals surface area contributed by atoms with Crippen LogP contribution in [0, 0.1) is 5.92 Å². The molecule has 35 heavy (non-hydrogen) atoms. The number of para-hydroxylation sites is 1. The van der Waals surface area contributed by atoms with Crippen molar-refractivity contribution in [1.29, 1.82) is 0 Å². The first kappa shape index (κ1) is 24.3. The summed E-state index contributed by atoms with van der Waals surface area (Å²) in [7, 11) is -1.03. The van der Waals surface area contributed by atoms with Gasteiger partial charge in [-0.2, -0.15) is 0 Å². The Morgan fingerprint density at radius 1 is 0.886 bits per heavy atom. The number of carbonyl (C=O) groups excluding carboxylic acids is 1. The van der Waals surface area contributed by atoms with E-state index in [0.29, 0.717) is 29.9 Å². The third kappa shape index (κ3) is 5.02. The molecule has 0 aliphatic carbocycles. The molecule has 1 amide bonds. The number of sulfonamides is 1. The van der Waals surface area contributed by atoms with Crippen LogP contribution in [0.1, 0.15) is 23.5 Å². The highest BCUT2D eigenvalue weighted by atomic mass is 32.2. The van der Waals surface area contributed by atoms with Crippen LogP contribution >= 0.6 is 0 Å². The maximum Gasteiger partial charge on any atom is 0.270 e. The fourth-order valence-electron chi connectivity index (χ4n) is 4.26. The van der Waals surface area contributed by atoms with E-state index in [1.54, 1.807) is 43.5 Å². The van der Waals surface area contributed by atoms with Gasteiger partial charge in [0.05, 0.1) is 25.0 Å². The molecule has 0 saturated heterocycles. The number of phenolic OH excluding ortho intramolecular Hbond substituents is 1. The van der Waals surface area contributed by atoms with E-state index in [9.17, 15) is 18.3 Å². The summed E-state index contributed by atoms with van der Waals surface area (Å²) in [5.41, 5.74) is 1.58. The number of nitrogens with zero attached hydrogens (tertiary/aromatic N) is 1. The van der Waals surface area contributed by atoms with Crippen molar-refractivity contribution in [3.05, 3.63) is 96.2 Å². The van der Waals surface area contributed by atoms with Gasteiger partial charge in [-0.25, -0.2) is 12.7 Å². The lowest BCUT2D eigenvalue weighted by atomic mass is 9.80. The lowest BCUT2D eigenvalue weighted by Gasteiger charge is -2.33. The zero-order valence-electron chi connectivity index (χ0n) is 19.5. The molecule has 7 nitrogen and oxygen atoms in total. The number of amides is 1. The summed E-state index contributed by atoms with van der Waals surface area (Å²) in [6.07, 6.45) is 3.86. The molecule has 0 spiro atoms. The number of allylic oxidation sites excluding steroid dienone is 1. The number of ether oxygens (including phenoxy) is 2. The summed E-state index contributed by atoms with van der Waals surface area (Å²) < 4.78 is 37.9. The van der Waals surface area contributed by atoms with E-state index in [0.717, 1.165) is 9.87 Å². The highest BCUT2D eigenvalue weighted by Crippen LogP contribution is 2.38. The molecule has 3 aromatic rings. The minimum Gasteiger partial charge on any atom is -0.508 e. The molecule has 2 atom stereocenters. The number of aromatic hydroxyl groups is 1. The second kappa shape index (κ2) is 10.2. The highest BCUT2D eigenvalue weighted by Gasteiger charge is 2.39. The first-order valence-corrected chi connectivity index (χ1v) is 12.6. The summed E-state index contributed by atoms with van der Waals surface area (Å²) in [6, 6.07) is 20.2. The molecule has 1 aliphatic heterocycles.